The van der Waals surface area contributed by atoms with Crippen molar-refractivity contribution < 1.29 is 0 Å². The zero-order valence-corrected chi connectivity index (χ0v) is 7.10. The standard InChI is InChI=1S/C11H16/c1-2-7-11-8-4-3-6-10(11,5-1)9(8)11/h8-9H,1-7H2/t8-,9+,10+,11+/m0/s1. The van der Waals surface area contributed by atoms with Gasteiger partial charge in [0.1, 0.15) is 0 Å². The topological polar surface area (TPSA) is 0 Å². The molecule has 0 amide bonds. The first kappa shape index (κ1) is 5.61. The van der Waals surface area contributed by atoms with Crippen LogP contribution in [0.3, 0.4) is 0 Å². The van der Waals surface area contributed by atoms with Gasteiger partial charge in [-0.25, -0.2) is 0 Å². The molecule has 4 fully saturated rings. The van der Waals surface area contributed by atoms with E-state index in [0.717, 1.165) is 10.8 Å². The summed E-state index contributed by atoms with van der Waals surface area (Å²) in [6.07, 6.45) is 11.2. The van der Waals surface area contributed by atoms with Gasteiger partial charge in [0.05, 0.1) is 0 Å². The Hall–Kier alpha value is 0. The lowest BCUT2D eigenvalue weighted by molar-refractivity contribution is 0.0993. The highest BCUT2D eigenvalue weighted by molar-refractivity contribution is 5.41. The summed E-state index contributed by atoms with van der Waals surface area (Å²) in [5, 5.41) is 0. The molecule has 0 aromatic carbocycles. The van der Waals surface area contributed by atoms with Gasteiger partial charge in [-0.2, -0.15) is 0 Å². The van der Waals surface area contributed by atoms with Crippen LogP contribution >= 0.6 is 0 Å². The molecule has 4 rings (SSSR count). The van der Waals surface area contributed by atoms with E-state index in [0.29, 0.717) is 0 Å². The summed E-state index contributed by atoms with van der Waals surface area (Å²) < 4.78 is 0. The van der Waals surface area contributed by atoms with Crippen LogP contribution in [-0.4, -0.2) is 0 Å². The maximum atomic E-state index is 1.63. The predicted molar refractivity (Wildman–Crippen MR) is 44.2 cm³/mol. The van der Waals surface area contributed by atoms with E-state index < -0.39 is 0 Å². The number of hydrogen-bond acceptors (Lipinski definition) is 0. The molecule has 0 bridgehead atoms. The normalized spacial score (nSPS) is 69.8. The molecular formula is C11H16. The molecule has 0 aromatic rings. The lowest BCUT2D eigenvalue weighted by Crippen LogP contribution is -2.30. The predicted octanol–water partition coefficient (Wildman–Crippen LogP) is 2.98. The SMILES string of the molecule is C1CC[C@]23[C@@H]4[C@@H]2CCC[C@]43C1. The molecule has 4 aliphatic carbocycles. The molecule has 0 radical (unpaired) electrons. The Bertz CT molecular complexity index is 212. The smallest absolute Gasteiger partial charge is 0.0170 e. The lowest BCUT2D eigenvalue weighted by Gasteiger charge is -2.40. The molecule has 0 unspecified atom stereocenters. The van der Waals surface area contributed by atoms with Crippen LogP contribution in [0.1, 0.15) is 44.9 Å². The molecule has 0 heteroatoms. The molecule has 0 aromatic heterocycles. The molecule has 0 heterocycles. The first-order chi connectivity index (χ1) is 5.42. The average Bonchev–Trinajstić information content (AvgIpc) is 2.89. The summed E-state index contributed by atoms with van der Waals surface area (Å²) in [4.78, 5) is 0. The van der Waals surface area contributed by atoms with Crippen molar-refractivity contribution in [3.05, 3.63) is 0 Å². The minimum atomic E-state index is 0.980. The van der Waals surface area contributed by atoms with Crippen LogP contribution in [0.2, 0.25) is 0 Å². The van der Waals surface area contributed by atoms with Crippen LogP contribution in [-0.2, 0) is 0 Å². The third-order valence-corrected chi connectivity index (χ3v) is 5.55. The fourth-order valence-electron chi connectivity index (χ4n) is 5.32. The Morgan fingerprint density at radius 2 is 1.73 bits per heavy atom. The Kier molecular flexibility index (Phi) is 0.661. The van der Waals surface area contributed by atoms with Gasteiger partial charge in [-0.3, -0.25) is 0 Å². The monoisotopic (exact) mass is 148 g/mol. The fourth-order valence-corrected chi connectivity index (χ4v) is 5.32. The van der Waals surface area contributed by atoms with E-state index in [1.165, 1.54) is 11.8 Å². The second-order valence-corrected chi connectivity index (χ2v) is 5.38. The molecule has 4 aliphatic rings. The van der Waals surface area contributed by atoms with Gasteiger partial charge in [-0.05, 0) is 48.3 Å². The average molecular weight is 148 g/mol. The summed E-state index contributed by atoms with van der Waals surface area (Å²) in [6.45, 7) is 0. The van der Waals surface area contributed by atoms with Crippen LogP contribution in [0.15, 0.2) is 0 Å². The van der Waals surface area contributed by atoms with Crippen LogP contribution < -0.4 is 0 Å². The van der Waals surface area contributed by atoms with Crippen molar-refractivity contribution in [1.29, 1.82) is 0 Å². The van der Waals surface area contributed by atoms with Gasteiger partial charge >= 0.3 is 0 Å². The van der Waals surface area contributed by atoms with Crippen molar-refractivity contribution in [2.45, 2.75) is 44.9 Å². The molecule has 0 aliphatic heterocycles. The minimum absolute atomic E-state index is 0.980. The first-order valence-corrected chi connectivity index (χ1v) is 5.42. The molecule has 4 saturated carbocycles. The fraction of sp³-hybridized carbons (Fsp3) is 1.00. The Labute approximate surface area is 68.4 Å². The van der Waals surface area contributed by atoms with E-state index in [4.69, 9.17) is 0 Å². The molecule has 11 heavy (non-hydrogen) atoms. The van der Waals surface area contributed by atoms with Gasteiger partial charge in [-0.1, -0.05) is 19.3 Å². The summed E-state index contributed by atoms with van der Waals surface area (Å²) in [5.41, 5.74) is 1.98. The lowest BCUT2D eigenvalue weighted by atomic mass is 9.65. The maximum Gasteiger partial charge on any atom is -0.0170 e. The second-order valence-electron chi connectivity index (χ2n) is 5.38. The highest BCUT2D eigenvalue weighted by atomic mass is 15.0. The summed E-state index contributed by atoms with van der Waals surface area (Å²) in [6, 6.07) is 0. The number of hydrogen-bond donors (Lipinski definition) is 0. The molecule has 4 atom stereocenters. The van der Waals surface area contributed by atoms with Crippen molar-refractivity contribution in [2.24, 2.45) is 22.7 Å². The van der Waals surface area contributed by atoms with Crippen LogP contribution in [0.25, 0.3) is 0 Å². The molecule has 0 saturated heterocycles. The van der Waals surface area contributed by atoms with Gasteiger partial charge in [-0.15, -0.1) is 0 Å². The third-order valence-electron chi connectivity index (χ3n) is 5.55. The summed E-state index contributed by atoms with van der Waals surface area (Å²) in [5.74, 6) is 2.52. The van der Waals surface area contributed by atoms with Crippen molar-refractivity contribution in [3.8, 4) is 0 Å². The Morgan fingerprint density at radius 3 is 2.64 bits per heavy atom. The van der Waals surface area contributed by atoms with E-state index in [2.05, 4.69) is 0 Å². The zero-order chi connectivity index (χ0) is 7.10. The highest BCUT2D eigenvalue weighted by Gasteiger charge is 2.93. The summed E-state index contributed by atoms with van der Waals surface area (Å²) >= 11 is 0. The van der Waals surface area contributed by atoms with Crippen molar-refractivity contribution in [2.75, 3.05) is 0 Å². The third kappa shape index (κ3) is 0.346. The Balaban J connectivity index is 1.79. The summed E-state index contributed by atoms with van der Waals surface area (Å²) in [7, 11) is 0. The van der Waals surface area contributed by atoms with E-state index >= 15 is 0 Å². The maximum absolute atomic E-state index is 1.63. The quantitative estimate of drug-likeness (QED) is 0.495. The minimum Gasteiger partial charge on any atom is -0.0527 e. The molecular weight excluding hydrogens is 132 g/mol. The van der Waals surface area contributed by atoms with Crippen LogP contribution in [0, 0.1) is 22.7 Å². The zero-order valence-electron chi connectivity index (χ0n) is 7.10. The van der Waals surface area contributed by atoms with Crippen molar-refractivity contribution in [3.63, 3.8) is 0 Å². The highest BCUT2D eigenvalue weighted by Crippen LogP contribution is 2.99. The van der Waals surface area contributed by atoms with Crippen molar-refractivity contribution in [1.82, 2.24) is 0 Å². The van der Waals surface area contributed by atoms with Crippen molar-refractivity contribution >= 4 is 0 Å². The van der Waals surface area contributed by atoms with E-state index in [1.54, 1.807) is 44.9 Å². The van der Waals surface area contributed by atoms with E-state index in [1.807, 2.05) is 0 Å². The first-order valence-electron chi connectivity index (χ1n) is 5.42. The molecule has 2 spiro atoms. The van der Waals surface area contributed by atoms with E-state index in [-0.39, 0.29) is 0 Å². The van der Waals surface area contributed by atoms with Crippen LogP contribution in [0.5, 0.6) is 0 Å². The van der Waals surface area contributed by atoms with Crippen LogP contribution in [0.4, 0.5) is 0 Å². The van der Waals surface area contributed by atoms with Gasteiger partial charge in [0, 0.05) is 0 Å². The molecule has 60 valence electrons. The second kappa shape index (κ2) is 1.30. The molecule has 0 N–H and O–H groups in total. The Morgan fingerprint density at radius 1 is 0.909 bits per heavy atom. The van der Waals surface area contributed by atoms with E-state index in [9.17, 15) is 0 Å². The molecule has 0 nitrogen and oxygen atoms in total. The van der Waals surface area contributed by atoms with Gasteiger partial charge in [0.25, 0.3) is 0 Å². The van der Waals surface area contributed by atoms with Gasteiger partial charge < -0.3 is 0 Å². The van der Waals surface area contributed by atoms with Gasteiger partial charge in [0.2, 0.25) is 0 Å². The number of rotatable bonds is 0. The largest absolute Gasteiger partial charge is 0.0527 e. The van der Waals surface area contributed by atoms with Gasteiger partial charge in [0.15, 0.2) is 0 Å².